The second-order valence-electron chi connectivity index (χ2n) is 8.45. The molecule has 1 aliphatic heterocycles. The highest BCUT2D eigenvalue weighted by Crippen LogP contribution is 2.24. The van der Waals surface area contributed by atoms with Gasteiger partial charge in [0.25, 0.3) is 0 Å². The van der Waals surface area contributed by atoms with E-state index >= 15 is 0 Å². The molecule has 1 fully saturated rings. The fourth-order valence-electron chi connectivity index (χ4n) is 3.76. The summed E-state index contributed by atoms with van der Waals surface area (Å²) < 4.78 is 0. The van der Waals surface area contributed by atoms with Crippen LogP contribution >= 0.6 is 0 Å². The summed E-state index contributed by atoms with van der Waals surface area (Å²) in [6.45, 7) is 3.97. The monoisotopic (exact) mass is 452 g/mol. The first-order valence-corrected chi connectivity index (χ1v) is 10.9. The van der Waals surface area contributed by atoms with Crippen LogP contribution in [0.15, 0.2) is 48.5 Å². The summed E-state index contributed by atoms with van der Waals surface area (Å²) in [6, 6.07) is 14.3. The van der Waals surface area contributed by atoms with Gasteiger partial charge in [0.15, 0.2) is 0 Å². The molecule has 1 atom stereocenters. The van der Waals surface area contributed by atoms with Gasteiger partial charge in [0.2, 0.25) is 5.91 Å². The van der Waals surface area contributed by atoms with Gasteiger partial charge < -0.3 is 26.2 Å². The number of hydrogen-bond acceptors (Lipinski definition) is 6. The highest BCUT2D eigenvalue weighted by atomic mass is 16.2. The molecular weight excluding hydrogens is 420 g/mol. The molecule has 2 aromatic rings. The van der Waals surface area contributed by atoms with E-state index in [2.05, 4.69) is 51.7 Å². The molecule has 1 aliphatic rings. The Kier molecular flexibility index (Phi) is 8.02. The molecule has 1 heterocycles. The van der Waals surface area contributed by atoms with Crippen LogP contribution in [0.1, 0.15) is 22.0 Å². The lowest BCUT2D eigenvalue weighted by Crippen LogP contribution is -2.49. The van der Waals surface area contributed by atoms with Crippen molar-refractivity contribution >= 4 is 29.1 Å². The molecule has 176 valence electrons. The summed E-state index contributed by atoms with van der Waals surface area (Å²) in [5.41, 5.74) is 8.15. The van der Waals surface area contributed by atoms with Crippen LogP contribution in [0, 0.1) is 0 Å². The van der Waals surface area contributed by atoms with Crippen LogP contribution in [0.25, 0.3) is 0 Å². The van der Waals surface area contributed by atoms with E-state index in [9.17, 15) is 14.4 Å². The number of hydrogen-bond donors (Lipinski definition) is 3. The molecule has 0 spiro atoms. The SMILES string of the molecule is CN1CCN(C(CNC(=O)C(=O)Nc2ccc(C(N)=O)cc2)c2ccc(N(C)C)cc2)CC1. The number of rotatable bonds is 7. The van der Waals surface area contributed by atoms with Crippen LogP contribution in [0.2, 0.25) is 0 Å². The topological polar surface area (TPSA) is 111 Å². The molecule has 3 rings (SSSR count). The minimum absolute atomic E-state index is 0.0403. The zero-order valence-corrected chi connectivity index (χ0v) is 19.4. The number of nitrogens with two attached hydrogens (primary N) is 1. The number of benzene rings is 2. The third-order valence-corrected chi connectivity index (χ3v) is 5.86. The van der Waals surface area contributed by atoms with E-state index in [0.717, 1.165) is 37.4 Å². The molecule has 0 aromatic heterocycles. The molecule has 0 radical (unpaired) electrons. The smallest absolute Gasteiger partial charge is 0.313 e. The Morgan fingerprint density at radius 1 is 0.939 bits per heavy atom. The minimum Gasteiger partial charge on any atom is -0.378 e. The molecule has 1 unspecified atom stereocenters. The van der Waals surface area contributed by atoms with Gasteiger partial charge >= 0.3 is 11.8 Å². The molecule has 0 aliphatic carbocycles. The maximum atomic E-state index is 12.5. The number of primary amides is 1. The first-order valence-electron chi connectivity index (χ1n) is 10.9. The summed E-state index contributed by atoms with van der Waals surface area (Å²) in [5, 5.41) is 5.33. The summed E-state index contributed by atoms with van der Waals surface area (Å²) in [5.74, 6) is -2.03. The van der Waals surface area contributed by atoms with Crippen molar-refractivity contribution in [3.05, 3.63) is 59.7 Å². The van der Waals surface area contributed by atoms with E-state index in [0.29, 0.717) is 17.8 Å². The largest absolute Gasteiger partial charge is 0.378 e. The van der Waals surface area contributed by atoms with Gasteiger partial charge in [-0.05, 0) is 49.0 Å². The van der Waals surface area contributed by atoms with Crippen LogP contribution in [0.5, 0.6) is 0 Å². The number of piperazine rings is 1. The second-order valence-corrected chi connectivity index (χ2v) is 8.45. The molecule has 9 nitrogen and oxygen atoms in total. The van der Waals surface area contributed by atoms with Crippen LogP contribution in [-0.2, 0) is 9.59 Å². The molecule has 3 amide bonds. The van der Waals surface area contributed by atoms with Gasteiger partial charge in [-0.15, -0.1) is 0 Å². The molecule has 33 heavy (non-hydrogen) atoms. The molecule has 0 bridgehead atoms. The van der Waals surface area contributed by atoms with Crippen molar-refractivity contribution in [2.75, 3.05) is 64.1 Å². The minimum atomic E-state index is -0.762. The highest BCUT2D eigenvalue weighted by Gasteiger charge is 2.25. The molecule has 2 aromatic carbocycles. The van der Waals surface area contributed by atoms with Gasteiger partial charge in [-0.25, -0.2) is 0 Å². The Morgan fingerprint density at radius 2 is 1.55 bits per heavy atom. The average molecular weight is 453 g/mol. The van der Waals surface area contributed by atoms with Crippen molar-refractivity contribution in [3.63, 3.8) is 0 Å². The Morgan fingerprint density at radius 3 is 2.09 bits per heavy atom. The van der Waals surface area contributed by atoms with Crippen molar-refractivity contribution in [1.82, 2.24) is 15.1 Å². The fourth-order valence-corrected chi connectivity index (χ4v) is 3.76. The number of amides is 3. The quantitative estimate of drug-likeness (QED) is 0.538. The Hall–Kier alpha value is -3.43. The Labute approximate surface area is 194 Å². The van der Waals surface area contributed by atoms with Gasteiger partial charge in [0.05, 0.1) is 6.04 Å². The lowest BCUT2D eigenvalue weighted by molar-refractivity contribution is -0.136. The van der Waals surface area contributed by atoms with Gasteiger partial charge in [-0.2, -0.15) is 0 Å². The standard InChI is InChI=1S/C24H32N6O3/c1-28(2)20-10-6-17(7-11-20)21(30-14-12-29(3)13-15-30)16-26-23(32)24(33)27-19-8-4-18(5-9-19)22(25)31/h4-11,21H,12-16H2,1-3H3,(H2,25,31)(H,26,32)(H,27,33). The highest BCUT2D eigenvalue weighted by molar-refractivity contribution is 6.39. The number of likely N-dealkylation sites (N-methyl/N-ethyl adjacent to an activating group) is 1. The van der Waals surface area contributed by atoms with Crippen LogP contribution in [0.3, 0.4) is 0 Å². The zero-order valence-electron chi connectivity index (χ0n) is 19.4. The normalized spacial score (nSPS) is 15.5. The summed E-state index contributed by atoms with van der Waals surface area (Å²) in [6.07, 6.45) is 0. The fraction of sp³-hybridized carbons (Fsp3) is 0.375. The summed E-state index contributed by atoms with van der Waals surface area (Å²) in [7, 11) is 6.08. The van der Waals surface area contributed by atoms with Crippen molar-refractivity contribution < 1.29 is 14.4 Å². The van der Waals surface area contributed by atoms with Crippen LogP contribution in [0.4, 0.5) is 11.4 Å². The molecule has 4 N–H and O–H groups in total. The first-order chi connectivity index (χ1) is 15.7. The molecule has 9 heteroatoms. The third kappa shape index (κ3) is 6.53. The van der Waals surface area contributed by atoms with Gasteiger partial charge in [0.1, 0.15) is 0 Å². The predicted molar refractivity (Wildman–Crippen MR) is 129 cm³/mol. The molecule has 0 saturated carbocycles. The summed E-state index contributed by atoms with van der Waals surface area (Å²) >= 11 is 0. The van der Waals surface area contributed by atoms with Gasteiger partial charge in [-0.3, -0.25) is 19.3 Å². The maximum absolute atomic E-state index is 12.5. The van der Waals surface area contributed by atoms with E-state index < -0.39 is 17.7 Å². The van der Waals surface area contributed by atoms with E-state index in [1.54, 1.807) is 0 Å². The number of anilines is 2. The van der Waals surface area contributed by atoms with Crippen LogP contribution in [-0.4, -0.2) is 81.4 Å². The van der Waals surface area contributed by atoms with E-state index in [1.165, 1.54) is 24.3 Å². The number of carbonyl (C=O) groups is 3. The maximum Gasteiger partial charge on any atom is 0.313 e. The average Bonchev–Trinajstić information content (AvgIpc) is 2.80. The second kappa shape index (κ2) is 10.9. The van der Waals surface area contributed by atoms with Crippen molar-refractivity contribution in [1.29, 1.82) is 0 Å². The predicted octanol–water partition coefficient (Wildman–Crippen LogP) is 0.895. The Bertz CT molecular complexity index is 967. The Balaban J connectivity index is 1.65. The van der Waals surface area contributed by atoms with E-state index in [1.807, 2.05) is 19.0 Å². The molecule has 1 saturated heterocycles. The van der Waals surface area contributed by atoms with Crippen molar-refractivity contribution in [2.24, 2.45) is 5.73 Å². The number of nitrogens with one attached hydrogen (secondary N) is 2. The van der Waals surface area contributed by atoms with E-state index in [4.69, 9.17) is 5.73 Å². The van der Waals surface area contributed by atoms with Gasteiger partial charge in [0, 0.05) is 63.8 Å². The number of nitrogens with zero attached hydrogens (tertiary/aromatic N) is 3. The third-order valence-electron chi connectivity index (χ3n) is 5.86. The zero-order chi connectivity index (χ0) is 24.0. The molecular formula is C24H32N6O3. The van der Waals surface area contributed by atoms with Crippen LogP contribution < -0.4 is 21.3 Å². The van der Waals surface area contributed by atoms with Gasteiger partial charge in [-0.1, -0.05) is 12.1 Å². The van der Waals surface area contributed by atoms with Crippen molar-refractivity contribution in [3.8, 4) is 0 Å². The number of carbonyl (C=O) groups excluding carboxylic acids is 3. The first kappa shape index (κ1) is 24.2. The lowest BCUT2D eigenvalue weighted by atomic mass is 10.0. The summed E-state index contributed by atoms with van der Waals surface area (Å²) in [4.78, 5) is 42.7. The lowest BCUT2D eigenvalue weighted by Gasteiger charge is -2.38. The van der Waals surface area contributed by atoms with E-state index in [-0.39, 0.29) is 6.04 Å². The van der Waals surface area contributed by atoms with Crippen molar-refractivity contribution in [2.45, 2.75) is 6.04 Å².